The highest BCUT2D eigenvalue weighted by Crippen LogP contribution is 2.29. The van der Waals surface area contributed by atoms with Crippen LogP contribution in [0.3, 0.4) is 0 Å². The summed E-state index contributed by atoms with van der Waals surface area (Å²) >= 11 is 6.94. The number of pyridine rings is 1. The molecule has 112 valence electrons. The summed E-state index contributed by atoms with van der Waals surface area (Å²) in [5, 5.41) is 3.26. The Hall–Kier alpha value is -1.01. The Morgan fingerprint density at radius 3 is 2.43 bits per heavy atom. The molecular formula is C15H18Br2N4. The molecule has 0 bridgehead atoms. The van der Waals surface area contributed by atoms with E-state index in [2.05, 4.69) is 72.9 Å². The number of rotatable bonds is 3. The second-order valence-corrected chi connectivity index (χ2v) is 7.50. The van der Waals surface area contributed by atoms with Crippen molar-refractivity contribution in [3.05, 3.63) is 33.0 Å². The van der Waals surface area contributed by atoms with E-state index in [4.69, 9.17) is 0 Å². The molecule has 0 fully saturated rings. The van der Waals surface area contributed by atoms with Crippen molar-refractivity contribution < 1.29 is 0 Å². The Balaban J connectivity index is 2.59. The van der Waals surface area contributed by atoms with Gasteiger partial charge in [0.25, 0.3) is 0 Å². The van der Waals surface area contributed by atoms with Crippen molar-refractivity contribution in [1.29, 1.82) is 0 Å². The summed E-state index contributed by atoms with van der Waals surface area (Å²) in [7, 11) is 0. The van der Waals surface area contributed by atoms with Crippen LogP contribution in [0.4, 0.5) is 5.82 Å². The second kappa shape index (κ2) is 6.40. The second-order valence-electron chi connectivity index (χ2n) is 5.73. The summed E-state index contributed by atoms with van der Waals surface area (Å²) < 4.78 is 1.78. The van der Waals surface area contributed by atoms with E-state index in [1.54, 1.807) is 6.20 Å². The van der Waals surface area contributed by atoms with Crippen molar-refractivity contribution in [3.63, 3.8) is 0 Å². The summed E-state index contributed by atoms with van der Waals surface area (Å²) in [6, 6.07) is 3.95. The number of halogens is 2. The highest BCUT2D eigenvalue weighted by atomic mass is 79.9. The van der Waals surface area contributed by atoms with E-state index in [0.717, 1.165) is 32.7 Å². The standard InChI is InChI=1S/C15H18Br2N4/c1-5-18-12-7-11(15(2,3)4)20-14(21-12)13-10(17)6-9(16)8-19-13/h6-8H,5H2,1-4H3,(H,18,20,21). The van der Waals surface area contributed by atoms with Gasteiger partial charge in [-0.3, -0.25) is 4.98 Å². The van der Waals surface area contributed by atoms with Gasteiger partial charge in [-0.05, 0) is 44.8 Å². The molecule has 0 aliphatic rings. The fourth-order valence-corrected chi connectivity index (χ4v) is 2.95. The SMILES string of the molecule is CCNc1cc(C(C)(C)C)nc(-c2ncc(Br)cc2Br)n1. The Labute approximate surface area is 142 Å². The molecule has 2 aromatic rings. The zero-order valence-corrected chi connectivity index (χ0v) is 15.7. The van der Waals surface area contributed by atoms with E-state index in [1.165, 1.54) is 0 Å². The molecule has 0 aliphatic heterocycles. The van der Waals surface area contributed by atoms with Gasteiger partial charge < -0.3 is 5.32 Å². The lowest BCUT2D eigenvalue weighted by Crippen LogP contribution is -2.16. The minimum absolute atomic E-state index is 0.0519. The third-order valence-corrected chi connectivity index (χ3v) is 3.91. The normalized spacial score (nSPS) is 11.5. The van der Waals surface area contributed by atoms with E-state index in [1.807, 2.05) is 19.1 Å². The van der Waals surface area contributed by atoms with Crippen LogP contribution in [-0.2, 0) is 5.41 Å². The third kappa shape index (κ3) is 4.01. The molecule has 2 aromatic heterocycles. The van der Waals surface area contributed by atoms with E-state index >= 15 is 0 Å². The maximum atomic E-state index is 4.69. The molecule has 0 unspecified atom stereocenters. The molecule has 2 heterocycles. The molecule has 6 heteroatoms. The van der Waals surface area contributed by atoms with Crippen LogP contribution in [0.1, 0.15) is 33.4 Å². The van der Waals surface area contributed by atoms with E-state index < -0.39 is 0 Å². The van der Waals surface area contributed by atoms with E-state index in [0.29, 0.717) is 5.82 Å². The van der Waals surface area contributed by atoms with Crippen LogP contribution < -0.4 is 5.32 Å². The average Bonchev–Trinajstić information content (AvgIpc) is 2.37. The van der Waals surface area contributed by atoms with Gasteiger partial charge in [0, 0.05) is 33.2 Å². The summed E-state index contributed by atoms with van der Waals surface area (Å²) in [5.41, 5.74) is 1.67. The molecule has 2 rings (SSSR count). The molecule has 1 N–H and O–H groups in total. The van der Waals surface area contributed by atoms with Crippen LogP contribution in [0.2, 0.25) is 0 Å². The highest BCUT2D eigenvalue weighted by Gasteiger charge is 2.19. The number of aromatic nitrogens is 3. The Kier molecular flexibility index (Phi) is 4.99. The molecule has 4 nitrogen and oxygen atoms in total. The monoisotopic (exact) mass is 412 g/mol. The first kappa shape index (κ1) is 16.4. The van der Waals surface area contributed by atoms with Gasteiger partial charge in [-0.2, -0.15) is 0 Å². The van der Waals surface area contributed by atoms with Gasteiger partial charge in [0.2, 0.25) is 0 Å². The molecule has 0 aromatic carbocycles. The molecule has 0 amide bonds. The molecule has 0 saturated carbocycles. The molecule has 0 spiro atoms. The van der Waals surface area contributed by atoms with Crippen LogP contribution in [0.15, 0.2) is 27.3 Å². The van der Waals surface area contributed by atoms with Crippen LogP contribution in [-0.4, -0.2) is 21.5 Å². The highest BCUT2D eigenvalue weighted by molar-refractivity contribution is 9.11. The molecule has 0 radical (unpaired) electrons. The van der Waals surface area contributed by atoms with Crippen LogP contribution >= 0.6 is 31.9 Å². The van der Waals surface area contributed by atoms with Gasteiger partial charge in [0.15, 0.2) is 5.82 Å². The average molecular weight is 414 g/mol. The summed E-state index contributed by atoms with van der Waals surface area (Å²) in [4.78, 5) is 13.7. The van der Waals surface area contributed by atoms with Gasteiger partial charge in [-0.1, -0.05) is 20.8 Å². The Morgan fingerprint density at radius 2 is 1.86 bits per heavy atom. The van der Waals surface area contributed by atoms with Crippen molar-refractivity contribution in [3.8, 4) is 11.5 Å². The third-order valence-electron chi connectivity index (χ3n) is 2.87. The predicted molar refractivity (Wildman–Crippen MR) is 93.5 cm³/mol. The summed E-state index contributed by atoms with van der Waals surface area (Å²) in [6.45, 7) is 9.28. The first-order valence-electron chi connectivity index (χ1n) is 6.76. The van der Waals surface area contributed by atoms with Gasteiger partial charge in [-0.25, -0.2) is 9.97 Å². The molecule has 0 saturated heterocycles. The van der Waals surface area contributed by atoms with Crippen LogP contribution in [0.25, 0.3) is 11.5 Å². The number of anilines is 1. The number of nitrogens with one attached hydrogen (secondary N) is 1. The van der Waals surface area contributed by atoms with Gasteiger partial charge in [0.1, 0.15) is 11.5 Å². The molecular weight excluding hydrogens is 396 g/mol. The first-order valence-corrected chi connectivity index (χ1v) is 8.34. The fraction of sp³-hybridized carbons (Fsp3) is 0.400. The lowest BCUT2D eigenvalue weighted by molar-refractivity contribution is 0.568. The van der Waals surface area contributed by atoms with Crippen molar-refractivity contribution >= 4 is 37.7 Å². The van der Waals surface area contributed by atoms with Gasteiger partial charge in [0.05, 0.1) is 5.69 Å². The first-order chi connectivity index (χ1) is 9.81. The zero-order valence-electron chi connectivity index (χ0n) is 12.5. The number of hydrogen-bond acceptors (Lipinski definition) is 4. The topological polar surface area (TPSA) is 50.7 Å². The van der Waals surface area contributed by atoms with Crippen molar-refractivity contribution in [2.75, 3.05) is 11.9 Å². The lowest BCUT2D eigenvalue weighted by atomic mass is 9.92. The maximum Gasteiger partial charge on any atom is 0.181 e. The van der Waals surface area contributed by atoms with Crippen molar-refractivity contribution in [2.45, 2.75) is 33.1 Å². The van der Waals surface area contributed by atoms with Crippen molar-refractivity contribution in [2.24, 2.45) is 0 Å². The maximum absolute atomic E-state index is 4.69. The zero-order chi connectivity index (χ0) is 15.6. The molecule has 0 aliphatic carbocycles. The lowest BCUT2D eigenvalue weighted by Gasteiger charge is -2.19. The summed E-state index contributed by atoms with van der Waals surface area (Å²) in [5.74, 6) is 1.45. The van der Waals surface area contributed by atoms with Crippen molar-refractivity contribution in [1.82, 2.24) is 15.0 Å². The van der Waals surface area contributed by atoms with E-state index in [9.17, 15) is 0 Å². The number of nitrogens with zero attached hydrogens (tertiary/aromatic N) is 3. The number of hydrogen-bond donors (Lipinski definition) is 1. The smallest absolute Gasteiger partial charge is 0.181 e. The van der Waals surface area contributed by atoms with Crippen LogP contribution in [0, 0.1) is 0 Å². The van der Waals surface area contributed by atoms with Gasteiger partial charge >= 0.3 is 0 Å². The van der Waals surface area contributed by atoms with Crippen LogP contribution in [0.5, 0.6) is 0 Å². The Morgan fingerprint density at radius 1 is 1.14 bits per heavy atom. The largest absolute Gasteiger partial charge is 0.370 e. The van der Waals surface area contributed by atoms with E-state index in [-0.39, 0.29) is 5.41 Å². The predicted octanol–water partition coefficient (Wildman–Crippen LogP) is 4.79. The minimum Gasteiger partial charge on any atom is -0.370 e. The molecule has 21 heavy (non-hydrogen) atoms. The molecule has 0 atom stereocenters. The fourth-order valence-electron chi connectivity index (χ4n) is 1.79. The Bertz CT molecular complexity index is 651. The van der Waals surface area contributed by atoms with Gasteiger partial charge in [-0.15, -0.1) is 0 Å². The minimum atomic E-state index is -0.0519. The quantitative estimate of drug-likeness (QED) is 0.785. The summed E-state index contributed by atoms with van der Waals surface area (Å²) in [6.07, 6.45) is 1.75.